The molecule has 7 heavy (non-hydrogen) atoms. The van der Waals surface area contributed by atoms with Crippen LogP contribution in [0.15, 0.2) is 0 Å². The van der Waals surface area contributed by atoms with E-state index in [9.17, 15) is 0 Å². The van der Waals surface area contributed by atoms with Gasteiger partial charge in [0.15, 0.2) is 0 Å². The van der Waals surface area contributed by atoms with Crippen LogP contribution in [0.4, 0.5) is 0 Å². The summed E-state index contributed by atoms with van der Waals surface area (Å²) in [7, 11) is -5.39. The van der Waals surface area contributed by atoms with Crippen LogP contribution in [0.2, 0.25) is 0 Å². The van der Waals surface area contributed by atoms with Crippen molar-refractivity contribution in [1.82, 2.24) is 0 Å². The Morgan fingerprint density at radius 1 is 1.14 bits per heavy atom. The fourth-order valence-corrected chi connectivity index (χ4v) is 0. The zero-order valence-electron chi connectivity index (χ0n) is 3.08. The zero-order valence-corrected chi connectivity index (χ0v) is 6.07. The van der Waals surface area contributed by atoms with E-state index in [1.807, 2.05) is 0 Å². The SMILES string of the molecule is O.O=P([O-])([O-])[O-].[Ge]. The predicted octanol–water partition coefficient (Wildman–Crippen LogP) is -4.03. The van der Waals surface area contributed by atoms with Gasteiger partial charge in [-0.1, -0.05) is 0 Å². The Morgan fingerprint density at radius 3 is 1.14 bits per heavy atom. The third kappa shape index (κ3) is 375. The van der Waals surface area contributed by atoms with E-state index in [-0.39, 0.29) is 23.1 Å². The van der Waals surface area contributed by atoms with E-state index < -0.39 is 7.82 Å². The standard InChI is InChI=1S/Ge.H3O4P.H2O/c;1-5(2,3)4;/h;(H3,1,2,3,4);1H2/p-3. The molecular formula is H2GeO5P-3. The number of rotatable bonds is 0. The molecule has 0 fully saturated rings. The van der Waals surface area contributed by atoms with Gasteiger partial charge in [0.1, 0.15) is 0 Å². The molecule has 0 amide bonds. The molecule has 0 aliphatic rings. The normalized spacial score (nSPS) is 8.43. The summed E-state index contributed by atoms with van der Waals surface area (Å²) in [6.45, 7) is 0. The zero-order chi connectivity index (χ0) is 4.50. The van der Waals surface area contributed by atoms with Crippen molar-refractivity contribution in [2.75, 3.05) is 0 Å². The molecule has 7 heteroatoms. The molecule has 0 aromatic heterocycles. The van der Waals surface area contributed by atoms with Gasteiger partial charge in [0.05, 0.1) is 0 Å². The van der Waals surface area contributed by atoms with Crippen molar-refractivity contribution in [1.29, 1.82) is 0 Å². The monoisotopic (exact) mass is 187 g/mol. The average Bonchev–Trinajstić information content (AvgIpc) is 0.722. The fraction of sp³-hybridized carbons (Fsp3) is 0. The van der Waals surface area contributed by atoms with Crippen molar-refractivity contribution in [2.45, 2.75) is 0 Å². The molecule has 0 saturated heterocycles. The molecule has 0 rings (SSSR count). The molecule has 0 spiro atoms. The van der Waals surface area contributed by atoms with E-state index in [4.69, 9.17) is 19.2 Å². The average molecular weight is 186 g/mol. The van der Waals surface area contributed by atoms with Gasteiger partial charge in [0, 0.05) is 17.6 Å². The first-order valence-electron chi connectivity index (χ1n) is 0.730. The van der Waals surface area contributed by atoms with Crippen molar-refractivity contribution < 1.29 is 24.7 Å². The summed E-state index contributed by atoms with van der Waals surface area (Å²) >= 11 is 0. The molecular weight excluding hydrogens is 184 g/mol. The van der Waals surface area contributed by atoms with E-state index in [0.29, 0.717) is 0 Å². The van der Waals surface area contributed by atoms with Gasteiger partial charge in [-0.05, 0) is 0 Å². The smallest absolute Gasteiger partial charge is 0 e. The molecule has 0 atom stereocenters. The van der Waals surface area contributed by atoms with E-state index in [1.54, 1.807) is 0 Å². The van der Waals surface area contributed by atoms with Crippen LogP contribution >= 0.6 is 7.82 Å². The molecule has 0 aromatic carbocycles. The summed E-state index contributed by atoms with van der Waals surface area (Å²) in [5.74, 6) is 0. The Hall–Kier alpha value is 0.613. The first-order chi connectivity index (χ1) is 2.00. The number of hydrogen-bond donors (Lipinski definition) is 0. The van der Waals surface area contributed by atoms with Crippen molar-refractivity contribution in [3.8, 4) is 0 Å². The summed E-state index contributed by atoms with van der Waals surface area (Å²) in [4.78, 5) is 25.6. The largest absolute Gasteiger partial charge is 0.822 e. The Kier molecular flexibility index (Phi) is 10.6. The van der Waals surface area contributed by atoms with Crippen molar-refractivity contribution >= 4 is 25.4 Å². The van der Waals surface area contributed by atoms with E-state index in [0.717, 1.165) is 0 Å². The molecule has 0 aromatic rings. The molecule has 0 heterocycles. The van der Waals surface area contributed by atoms with Gasteiger partial charge < -0.3 is 24.7 Å². The molecule has 0 aliphatic heterocycles. The van der Waals surface area contributed by atoms with Gasteiger partial charge in [0.25, 0.3) is 0 Å². The Labute approximate surface area is 50.9 Å². The summed E-state index contributed by atoms with van der Waals surface area (Å²) in [5.41, 5.74) is 0. The van der Waals surface area contributed by atoms with Crippen LogP contribution in [0, 0.1) is 0 Å². The van der Waals surface area contributed by atoms with Crippen LogP contribution in [0.3, 0.4) is 0 Å². The summed E-state index contributed by atoms with van der Waals surface area (Å²) < 4.78 is 8.55. The molecule has 4 radical (unpaired) electrons. The van der Waals surface area contributed by atoms with Gasteiger partial charge in [-0.2, -0.15) is 7.82 Å². The second kappa shape index (κ2) is 4.76. The van der Waals surface area contributed by atoms with Gasteiger partial charge in [-0.25, -0.2) is 0 Å². The number of phosphoric acid groups is 1. The summed E-state index contributed by atoms with van der Waals surface area (Å²) in [6, 6.07) is 0. The van der Waals surface area contributed by atoms with Gasteiger partial charge in [0.2, 0.25) is 0 Å². The van der Waals surface area contributed by atoms with Crippen LogP contribution < -0.4 is 14.7 Å². The number of hydrogen-bond acceptors (Lipinski definition) is 4. The first-order valence-corrected chi connectivity index (χ1v) is 2.19. The topological polar surface area (TPSA) is 118 Å². The second-order valence-electron chi connectivity index (χ2n) is 0.447. The predicted molar refractivity (Wildman–Crippen MR) is 17.0 cm³/mol. The van der Waals surface area contributed by atoms with Crippen molar-refractivity contribution in [3.63, 3.8) is 0 Å². The molecule has 2 N–H and O–H groups in total. The summed E-state index contributed by atoms with van der Waals surface area (Å²) in [6.07, 6.45) is 0. The molecule has 5 nitrogen and oxygen atoms in total. The maximum atomic E-state index is 8.55. The summed E-state index contributed by atoms with van der Waals surface area (Å²) in [5, 5.41) is 0. The molecule has 0 unspecified atom stereocenters. The van der Waals surface area contributed by atoms with Crippen molar-refractivity contribution in [2.24, 2.45) is 0 Å². The van der Waals surface area contributed by atoms with E-state index >= 15 is 0 Å². The quantitative estimate of drug-likeness (QED) is 0.282. The molecule has 0 bridgehead atoms. The van der Waals surface area contributed by atoms with Crippen LogP contribution in [0.5, 0.6) is 0 Å². The van der Waals surface area contributed by atoms with Crippen LogP contribution in [0.25, 0.3) is 0 Å². The third-order valence-electron chi connectivity index (χ3n) is 0. The minimum Gasteiger partial charge on any atom is -0.822 e. The van der Waals surface area contributed by atoms with Gasteiger partial charge in [-0.3, -0.25) is 0 Å². The van der Waals surface area contributed by atoms with Crippen LogP contribution in [-0.4, -0.2) is 23.1 Å². The van der Waals surface area contributed by atoms with E-state index in [1.165, 1.54) is 0 Å². The first kappa shape index (κ1) is 15.6. The fourth-order valence-electron chi connectivity index (χ4n) is 0. The molecule has 0 saturated carbocycles. The maximum Gasteiger partial charge on any atom is 0 e. The van der Waals surface area contributed by atoms with Gasteiger partial charge in [-0.15, -0.1) is 0 Å². The minimum atomic E-state index is -5.39. The Morgan fingerprint density at radius 2 is 1.14 bits per heavy atom. The van der Waals surface area contributed by atoms with E-state index in [2.05, 4.69) is 0 Å². The third-order valence-corrected chi connectivity index (χ3v) is 0. The van der Waals surface area contributed by atoms with Gasteiger partial charge >= 0.3 is 0 Å². The van der Waals surface area contributed by atoms with Crippen LogP contribution in [-0.2, 0) is 4.57 Å². The Balaban J connectivity index is -0.0000000800. The van der Waals surface area contributed by atoms with Crippen molar-refractivity contribution in [3.05, 3.63) is 0 Å². The molecule has 44 valence electrons. The van der Waals surface area contributed by atoms with Crippen LogP contribution in [0.1, 0.15) is 0 Å². The second-order valence-corrected chi connectivity index (χ2v) is 1.34. The Bertz CT molecular complexity index is 54.2. The maximum absolute atomic E-state index is 8.55. The minimum absolute atomic E-state index is 0. The molecule has 0 aliphatic carbocycles.